The van der Waals surface area contributed by atoms with Crippen LogP contribution < -0.4 is 5.76 Å². The summed E-state index contributed by atoms with van der Waals surface area (Å²) < 4.78 is 12.5. The van der Waals surface area contributed by atoms with Gasteiger partial charge in [-0.15, -0.1) is 0 Å². The predicted octanol–water partition coefficient (Wildman–Crippen LogP) is 3.19. The first-order valence-corrected chi connectivity index (χ1v) is 9.42. The molecule has 1 aliphatic rings. The van der Waals surface area contributed by atoms with E-state index in [2.05, 4.69) is 4.90 Å². The Hall–Kier alpha value is -2.28. The van der Waals surface area contributed by atoms with E-state index < -0.39 is 5.60 Å². The number of hydrogen-bond donors (Lipinski definition) is 0. The van der Waals surface area contributed by atoms with Crippen molar-refractivity contribution in [1.82, 2.24) is 14.4 Å². The van der Waals surface area contributed by atoms with E-state index in [1.54, 1.807) is 16.5 Å². The van der Waals surface area contributed by atoms with Crippen molar-refractivity contribution in [1.29, 1.82) is 0 Å². The Morgan fingerprint density at radius 1 is 1.30 bits per heavy atom. The summed E-state index contributed by atoms with van der Waals surface area (Å²) >= 11 is 0. The highest BCUT2D eigenvalue weighted by Crippen LogP contribution is 2.20. The lowest BCUT2D eigenvalue weighted by molar-refractivity contribution is 0.0137. The maximum absolute atomic E-state index is 12.3. The van der Waals surface area contributed by atoms with Crippen LogP contribution in [0.1, 0.15) is 39.2 Å². The number of likely N-dealkylation sites (tertiary alicyclic amines) is 1. The van der Waals surface area contributed by atoms with Crippen molar-refractivity contribution in [3.8, 4) is 0 Å². The molecule has 1 aliphatic heterocycles. The molecule has 1 aromatic heterocycles. The minimum Gasteiger partial charge on any atom is -0.444 e. The van der Waals surface area contributed by atoms with Gasteiger partial charge in [-0.25, -0.2) is 9.59 Å². The second-order valence-electron chi connectivity index (χ2n) is 8.35. The van der Waals surface area contributed by atoms with Crippen LogP contribution in [0.3, 0.4) is 0 Å². The zero-order valence-corrected chi connectivity index (χ0v) is 16.8. The topological polar surface area (TPSA) is 67.9 Å². The Morgan fingerprint density at radius 2 is 1.96 bits per heavy atom. The van der Waals surface area contributed by atoms with Crippen LogP contribution in [-0.2, 0) is 11.4 Å². The number of rotatable bonds is 3. The highest BCUT2D eigenvalue weighted by atomic mass is 16.6. The molecule has 0 aliphatic carbocycles. The van der Waals surface area contributed by atoms with Gasteiger partial charge in [-0.05, 0) is 58.2 Å². The lowest BCUT2D eigenvalue weighted by atomic mass is 10.0. The molecule has 0 saturated carbocycles. The van der Waals surface area contributed by atoms with Gasteiger partial charge in [0.2, 0.25) is 0 Å². The molecule has 2 heterocycles. The third-order valence-corrected chi connectivity index (χ3v) is 4.95. The molecular weight excluding hydrogens is 346 g/mol. The lowest BCUT2D eigenvalue weighted by Gasteiger charge is -2.37. The van der Waals surface area contributed by atoms with Gasteiger partial charge in [-0.3, -0.25) is 9.47 Å². The number of nitrogens with zero attached hydrogens (tertiary/aromatic N) is 3. The van der Waals surface area contributed by atoms with Gasteiger partial charge < -0.3 is 14.1 Å². The summed E-state index contributed by atoms with van der Waals surface area (Å²) in [5, 5.41) is 0. The van der Waals surface area contributed by atoms with Crippen LogP contribution in [0.25, 0.3) is 11.1 Å². The maximum Gasteiger partial charge on any atom is 0.421 e. The lowest BCUT2D eigenvalue weighted by Crippen LogP contribution is -2.47. The summed E-state index contributed by atoms with van der Waals surface area (Å²) in [5.74, 6) is -0.330. The van der Waals surface area contributed by atoms with Gasteiger partial charge in [0.25, 0.3) is 0 Å². The summed E-state index contributed by atoms with van der Waals surface area (Å²) in [6.07, 6.45) is 1.41. The first kappa shape index (κ1) is 19.5. The van der Waals surface area contributed by atoms with Crippen LogP contribution in [0.5, 0.6) is 0 Å². The molecule has 1 saturated heterocycles. The number of aromatic nitrogens is 1. The van der Waals surface area contributed by atoms with Crippen molar-refractivity contribution < 1.29 is 13.9 Å². The van der Waals surface area contributed by atoms with E-state index in [1.165, 1.54) is 0 Å². The smallest absolute Gasteiger partial charge is 0.421 e. The first-order chi connectivity index (χ1) is 12.6. The number of ether oxygens (including phenoxy) is 1. The first-order valence-electron chi connectivity index (χ1n) is 9.42. The molecule has 1 aromatic carbocycles. The Kier molecular flexibility index (Phi) is 5.33. The number of fused-ring (bicyclic) bond motifs is 1. The summed E-state index contributed by atoms with van der Waals surface area (Å²) in [4.78, 5) is 28.4. The molecule has 0 unspecified atom stereocenters. The van der Waals surface area contributed by atoms with Crippen LogP contribution in [0.15, 0.2) is 27.4 Å². The van der Waals surface area contributed by atoms with Crippen LogP contribution in [0, 0.1) is 6.92 Å². The van der Waals surface area contributed by atoms with Crippen molar-refractivity contribution in [3.63, 3.8) is 0 Å². The van der Waals surface area contributed by atoms with Gasteiger partial charge in [0.15, 0.2) is 5.58 Å². The van der Waals surface area contributed by atoms with E-state index in [4.69, 9.17) is 9.15 Å². The third-order valence-electron chi connectivity index (χ3n) is 4.95. The van der Waals surface area contributed by atoms with Crippen LogP contribution >= 0.6 is 0 Å². The molecule has 2 aromatic rings. The van der Waals surface area contributed by atoms with Crippen molar-refractivity contribution in [3.05, 3.63) is 34.3 Å². The monoisotopic (exact) mass is 375 g/mol. The average Bonchev–Trinajstić information content (AvgIpc) is 2.89. The van der Waals surface area contributed by atoms with E-state index in [1.807, 2.05) is 45.9 Å². The molecule has 0 atom stereocenters. The van der Waals surface area contributed by atoms with E-state index in [0.717, 1.165) is 37.0 Å². The number of hydrogen-bond acceptors (Lipinski definition) is 5. The summed E-state index contributed by atoms with van der Waals surface area (Å²) in [7, 11) is 1.80. The second kappa shape index (κ2) is 7.38. The Bertz CT molecular complexity index is 869. The number of benzene rings is 1. The molecule has 0 radical (unpaired) electrons. The highest BCUT2D eigenvalue weighted by molar-refractivity contribution is 5.73. The summed E-state index contributed by atoms with van der Waals surface area (Å²) in [6, 6.07) is 5.90. The van der Waals surface area contributed by atoms with Crippen LogP contribution in [0.2, 0.25) is 0 Å². The molecule has 3 rings (SSSR count). The van der Waals surface area contributed by atoms with Gasteiger partial charge in [0.1, 0.15) is 5.60 Å². The molecule has 148 valence electrons. The molecule has 1 amide bonds. The maximum atomic E-state index is 12.3. The largest absolute Gasteiger partial charge is 0.444 e. The highest BCUT2D eigenvalue weighted by Gasteiger charge is 2.29. The molecule has 27 heavy (non-hydrogen) atoms. The molecular formula is C20H29N3O4. The normalized spacial score (nSPS) is 16.6. The van der Waals surface area contributed by atoms with Crippen molar-refractivity contribution in [2.75, 3.05) is 20.1 Å². The van der Waals surface area contributed by atoms with E-state index >= 15 is 0 Å². The molecule has 0 bridgehead atoms. The summed E-state index contributed by atoms with van der Waals surface area (Å²) in [6.45, 7) is 9.73. The molecule has 7 heteroatoms. The average molecular weight is 375 g/mol. The number of oxazole rings is 1. The third kappa shape index (κ3) is 4.53. The molecule has 7 nitrogen and oxygen atoms in total. The Labute approximate surface area is 159 Å². The van der Waals surface area contributed by atoms with Gasteiger partial charge >= 0.3 is 11.8 Å². The van der Waals surface area contributed by atoms with E-state index in [-0.39, 0.29) is 17.9 Å². The Morgan fingerprint density at radius 3 is 2.59 bits per heavy atom. The SMILES string of the molecule is Cc1ccc2oc(=O)n(CN3CCC(N(C)C(=O)OC(C)(C)C)CC3)c2c1. The number of amides is 1. The quantitative estimate of drug-likeness (QED) is 0.824. The molecule has 0 N–H and O–H groups in total. The van der Waals surface area contributed by atoms with Gasteiger partial charge in [0, 0.05) is 26.2 Å². The van der Waals surface area contributed by atoms with Gasteiger partial charge in [-0.1, -0.05) is 6.07 Å². The Balaban J connectivity index is 1.62. The van der Waals surface area contributed by atoms with Crippen molar-refractivity contribution in [2.45, 2.75) is 58.8 Å². The minimum absolute atomic E-state index is 0.149. The number of aryl methyl sites for hydroxylation is 1. The zero-order chi connectivity index (χ0) is 19.8. The van der Waals surface area contributed by atoms with Crippen molar-refractivity contribution >= 4 is 17.2 Å². The number of carbonyl (C=O) groups excluding carboxylic acids is 1. The number of piperidine rings is 1. The van der Waals surface area contributed by atoms with Crippen LogP contribution in [0.4, 0.5) is 4.79 Å². The van der Waals surface area contributed by atoms with E-state index in [9.17, 15) is 9.59 Å². The predicted molar refractivity (Wildman–Crippen MR) is 104 cm³/mol. The number of carbonyl (C=O) groups is 1. The summed E-state index contributed by atoms with van der Waals surface area (Å²) in [5.41, 5.74) is 2.04. The van der Waals surface area contributed by atoms with Gasteiger partial charge in [-0.2, -0.15) is 0 Å². The molecule has 0 spiro atoms. The van der Waals surface area contributed by atoms with Gasteiger partial charge in [0.05, 0.1) is 12.2 Å². The minimum atomic E-state index is -0.492. The second-order valence-corrected chi connectivity index (χ2v) is 8.35. The van der Waals surface area contributed by atoms with Crippen LogP contribution in [-0.4, -0.2) is 52.2 Å². The van der Waals surface area contributed by atoms with Crippen molar-refractivity contribution in [2.24, 2.45) is 0 Å². The fraction of sp³-hybridized carbons (Fsp3) is 0.600. The standard InChI is InChI=1S/C20H29N3O4/c1-14-6-7-17-16(12-14)23(19(25)26-17)13-22-10-8-15(9-11-22)21(5)18(24)27-20(2,3)4/h6-7,12,15H,8-11,13H2,1-5H3. The zero-order valence-electron chi connectivity index (χ0n) is 16.8. The molecule has 1 fully saturated rings. The van der Waals surface area contributed by atoms with E-state index in [0.29, 0.717) is 12.3 Å². The fourth-order valence-corrected chi connectivity index (χ4v) is 3.44. The fourth-order valence-electron chi connectivity index (χ4n) is 3.44.